The van der Waals surface area contributed by atoms with Gasteiger partial charge in [0, 0.05) is 11.9 Å². The smallest absolute Gasteiger partial charge is 0.0441 e. The number of hydrogen-bond acceptors (Lipinski definition) is 3. The van der Waals surface area contributed by atoms with E-state index in [1.165, 1.54) is 83.5 Å². The Labute approximate surface area is 144 Å². The van der Waals surface area contributed by atoms with E-state index in [4.69, 9.17) is 5.11 Å². The summed E-state index contributed by atoms with van der Waals surface area (Å²) in [5.41, 5.74) is 0. The maximum atomic E-state index is 8.80. The topological polar surface area (TPSA) is 20.2 Å². The standard InChI is InChI=1S/C18H38OS2/c19-16-15-18(21)14-12-10-8-6-4-2-1-3-5-7-9-11-13-17-20/h18-21H,1-17H2. The van der Waals surface area contributed by atoms with Gasteiger partial charge in [0.2, 0.25) is 0 Å². The van der Waals surface area contributed by atoms with Crippen molar-refractivity contribution in [3.05, 3.63) is 0 Å². The second-order valence-corrected chi connectivity index (χ2v) is 7.45. The maximum Gasteiger partial charge on any atom is 0.0441 e. The first-order valence-corrected chi connectivity index (χ1v) is 10.4. The summed E-state index contributed by atoms with van der Waals surface area (Å²) in [6, 6.07) is 0. The maximum absolute atomic E-state index is 8.80. The van der Waals surface area contributed by atoms with E-state index < -0.39 is 0 Å². The summed E-state index contributed by atoms with van der Waals surface area (Å²) in [5.74, 6) is 1.05. The van der Waals surface area contributed by atoms with Gasteiger partial charge in [0.1, 0.15) is 0 Å². The molecule has 0 saturated heterocycles. The molecule has 0 aromatic heterocycles. The van der Waals surface area contributed by atoms with Crippen molar-refractivity contribution < 1.29 is 5.11 Å². The Hall–Kier alpha value is 0.660. The highest BCUT2D eigenvalue weighted by Gasteiger charge is 2.01. The highest BCUT2D eigenvalue weighted by molar-refractivity contribution is 7.81. The average molecular weight is 335 g/mol. The van der Waals surface area contributed by atoms with Gasteiger partial charge in [0.25, 0.3) is 0 Å². The van der Waals surface area contributed by atoms with Gasteiger partial charge in [-0.2, -0.15) is 25.3 Å². The third kappa shape index (κ3) is 18.6. The van der Waals surface area contributed by atoms with Crippen LogP contribution in [0.4, 0.5) is 0 Å². The summed E-state index contributed by atoms with van der Waals surface area (Å²) in [6.07, 6.45) is 20.0. The lowest BCUT2D eigenvalue weighted by Crippen LogP contribution is -2.01. The molecule has 0 bridgehead atoms. The fourth-order valence-electron chi connectivity index (χ4n) is 2.73. The SMILES string of the molecule is OCCC(S)CCCCCCCCCCCCCCCS. The summed E-state index contributed by atoms with van der Waals surface area (Å²) >= 11 is 8.70. The molecule has 1 atom stereocenters. The van der Waals surface area contributed by atoms with E-state index in [2.05, 4.69) is 25.3 Å². The number of aliphatic hydroxyl groups is 1. The molecule has 0 aromatic rings. The second kappa shape index (κ2) is 18.7. The van der Waals surface area contributed by atoms with Crippen molar-refractivity contribution >= 4 is 25.3 Å². The zero-order valence-electron chi connectivity index (χ0n) is 13.9. The lowest BCUT2D eigenvalue weighted by Gasteiger charge is -2.08. The average Bonchev–Trinajstić information content (AvgIpc) is 2.48. The van der Waals surface area contributed by atoms with Gasteiger partial charge in [-0.3, -0.25) is 0 Å². The van der Waals surface area contributed by atoms with E-state index >= 15 is 0 Å². The Morgan fingerprint density at radius 1 is 0.571 bits per heavy atom. The molecule has 0 aliphatic heterocycles. The molecule has 1 nitrogen and oxygen atoms in total. The van der Waals surface area contributed by atoms with Gasteiger partial charge in [0.05, 0.1) is 0 Å². The highest BCUT2D eigenvalue weighted by atomic mass is 32.1. The lowest BCUT2D eigenvalue weighted by molar-refractivity contribution is 0.285. The number of hydrogen-bond donors (Lipinski definition) is 3. The number of rotatable bonds is 17. The molecule has 128 valence electrons. The summed E-state index contributed by atoms with van der Waals surface area (Å²) in [5, 5.41) is 9.21. The third-order valence-corrected chi connectivity index (χ3v) is 4.99. The molecule has 0 radical (unpaired) electrons. The van der Waals surface area contributed by atoms with Crippen LogP contribution in [-0.4, -0.2) is 22.7 Å². The molecule has 0 amide bonds. The predicted molar refractivity (Wildman–Crippen MR) is 103 cm³/mol. The lowest BCUT2D eigenvalue weighted by atomic mass is 10.0. The van der Waals surface area contributed by atoms with Gasteiger partial charge in [-0.15, -0.1) is 0 Å². The zero-order chi connectivity index (χ0) is 15.6. The van der Waals surface area contributed by atoms with Crippen molar-refractivity contribution in [3.63, 3.8) is 0 Å². The molecule has 0 rings (SSSR count). The molecule has 0 aliphatic rings. The largest absolute Gasteiger partial charge is 0.396 e. The first kappa shape index (κ1) is 21.7. The molecule has 1 unspecified atom stereocenters. The van der Waals surface area contributed by atoms with Gasteiger partial charge >= 0.3 is 0 Å². The Morgan fingerprint density at radius 3 is 1.33 bits per heavy atom. The van der Waals surface area contributed by atoms with Crippen molar-refractivity contribution in [3.8, 4) is 0 Å². The van der Waals surface area contributed by atoms with Gasteiger partial charge < -0.3 is 5.11 Å². The Balaban J connectivity index is 2.99. The van der Waals surface area contributed by atoms with Gasteiger partial charge in [0.15, 0.2) is 0 Å². The predicted octanol–water partition coefficient (Wildman–Crippen LogP) is 6.06. The van der Waals surface area contributed by atoms with Crippen LogP contribution in [0.2, 0.25) is 0 Å². The van der Waals surface area contributed by atoms with Gasteiger partial charge in [-0.25, -0.2) is 0 Å². The van der Waals surface area contributed by atoms with E-state index in [1.807, 2.05) is 0 Å². The molecule has 0 heterocycles. The molecule has 0 saturated carbocycles. The van der Waals surface area contributed by atoms with E-state index in [9.17, 15) is 0 Å². The number of aliphatic hydroxyl groups excluding tert-OH is 1. The summed E-state index contributed by atoms with van der Waals surface area (Å²) in [4.78, 5) is 0. The van der Waals surface area contributed by atoms with Crippen LogP contribution in [0.5, 0.6) is 0 Å². The van der Waals surface area contributed by atoms with Crippen LogP contribution >= 0.6 is 25.3 Å². The summed E-state index contributed by atoms with van der Waals surface area (Å²) in [6.45, 7) is 0.281. The minimum atomic E-state index is 0.281. The Kier molecular flexibility index (Phi) is 19.3. The van der Waals surface area contributed by atoms with Gasteiger partial charge in [-0.1, -0.05) is 77.0 Å². The second-order valence-electron chi connectivity index (χ2n) is 6.27. The fourth-order valence-corrected chi connectivity index (χ4v) is 3.25. The Bertz CT molecular complexity index is 188. The van der Waals surface area contributed by atoms with Gasteiger partial charge in [-0.05, 0) is 25.0 Å². The van der Waals surface area contributed by atoms with E-state index in [-0.39, 0.29) is 6.61 Å². The molecular weight excluding hydrogens is 296 g/mol. The molecule has 0 fully saturated rings. The van der Waals surface area contributed by atoms with E-state index in [0.717, 1.165) is 18.6 Å². The van der Waals surface area contributed by atoms with E-state index in [0.29, 0.717) is 5.25 Å². The quantitative estimate of drug-likeness (QED) is 0.218. The normalized spacial score (nSPS) is 12.7. The van der Waals surface area contributed by atoms with Crippen LogP contribution in [0.25, 0.3) is 0 Å². The third-order valence-electron chi connectivity index (χ3n) is 4.16. The first-order chi connectivity index (χ1) is 10.3. The van der Waals surface area contributed by atoms with Crippen LogP contribution in [0.15, 0.2) is 0 Å². The zero-order valence-corrected chi connectivity index (χ0v) is 15.7. The van der Waals surface area contributed by atoms with Crippen LogP contribution in [-0.2, 0) is 0 Å². The summed E-state index contributed by atoms with van der Waals surface area (Å²) < 4.78 is 0. The van der Waals surface area contributed by atoms with Crippen molar-refractivity contribution in [1.29, 1.82) is 0 Å². The van der Waals surface area contributed by atoms with Crippen LogP contribution in [0, 0.1) is 0 Å². The highest BCUT2D eigenvalue weighted by Crippen LogP contribution is 2.15. The minimum Gasteiger partial charge on any atom is -0.396 e. The van der Waals surface area contributed by atoms with Crippen LogP contribution in [0.3, 0.4) is 0 Å². The molecule has 3 heteroatoms. The number of unbranched alkanes of at least 4 members (excludes halogenated alkanes) is 12. The van der Waals surface area contributed by atoms with E-state index in [1.54, 1.807) is 0 Å². The van der Waals surface area contributed by atoms with Crippen molar-refractivity contribution in [2.45, 2.75) is 102 Å². The summed E-state index contributed by atoms with van der Waals surface area (Å²) in [7, 11) is 0. The molecule has 0 spiro atoms. The van der Waals surface area contributed by atoms with Crippen LogP contribution in [0.1, 0.15) is 96.3 Å². The first-order valence-electron chi connectivity index (χ1n) is 9.21. The van der Waals surface area contributed by atoms with Crippen molar-refractivity contribution in [2.75, 3.05) is 12.4 Å². The van der Waals surface area contributed by atoms with Crippen molar-refractivity contribution in [2.24, 2.45) is 0 Å². The monoisotopic (exact) mass is 334 g/mol. The minimum absolute atomic E-state index is 0.281. The molecule has 0 aliphatic carbocycles. The fraction of sp³-hybridized carbons (Fsp3) is 1.00. The molecule has 1 N–H and O–H groups in total. The molecule has 21 heavy (non-hydrogen) atoms. The van der Waals surface area contributed by atoms with Crippen LogP contribution < -0.4 is 0 Å². The van der Waals surface area contributed by atoms with Crippen molar-refractivity contribution in [1.82, 2.24) is 0 Å². The Morgan fingerprint density at radius 2 is 0.952 bits per heavy atom. The molecular formula is C18H38OS2. The number of thiol groups is 2. The molecule has 0 aromatic carbocycles.